The summed E-state index contributed by atoms with van der Waals surface area (Å²) in [6, 6.07) is 2.46. The third kappa shape index (κ3) is 4.23. The molecule has 1 aromatic carbocycles. The second-order valence-corrected chi connectivity index (χ2v) is 6.57. The average molecular weight is 317 g/mol. The first-order chi connectivity index (χ1) is 9.88. The largest absolute Gasteiger partial charge is 0.478 e. The normalized spacial score (nSPS) is 15.7. The first kappa shape index (κ1) is 15.9. The maximum atomic E-state index is 13.3. The molecule has 2 N–H and O–H groups in total. The van der Waals surface area contributed by atoms with Gasteiger partial charge in [0.2, 0.25) is 10.0 Å². The second kappa shape index (κ2) is 6.50. The van der Waals surface area contributed by atoms with Gasteiger partial charge in [-0.1, -0.05) is 0 Å². The summed E-state index contributed by atoms with van der Waals surface area (Å²) < 4.78 is 44.9. The van der Waals surface area contributed by atoms with Crippen LogP contribution in [0.25, 0.3) is 0 Å². The Morgan fingerprint density at radius 1 is 1.38 bits per heavy atom. The van der Waals surface area contributed by atoms with Gasteiger partial charge in [-0.2, -0.15) is 0 Å². The summed E-state index contributed by atoms with van der Waals surface area (Å²) in [6.07, 6.45) is 3.29. The number of carboxylic acids is 1. The van der Waals surface area contributed by atoms with E-state index in [4.69, 9.17) is 9.84 Å². The standard InChI is InChI=1S/C13H16FNO5S/c14-10-6-9(13(16)17)7-12(8-10)21(18,19)15-4-5-20-11-2-1-3-11/h6-8,11,15H,1-5H2,(H,16,17). The molecule has 0 radical (unpaired) electrons. The molecule has 0 bridgehead atoms. The zero-order valence-corrected chi connectivity index (χ0v) is 12.0. The van der Waals surface area contributed by atoms with Crippen LogP contribution in [0.5, 0.6) is 0 Å². The molecule has 0 atom stereocenters. The van der Waals surface area contributed by atoms with E-state index in [2.05, 4.69) is 4.72 Å². The van der Waals surface area contributed by atoms with Crippen molar-refractivity contribution in [3.8, 4) is 0 Å². The molecule has 1 saturated carbocycles. The van der Waals surface area contributed by atoms with E-state index in [9.17, 15) is 17.6 Å². The van der Waals surface area contributed by atoms with Crippen LogP contribution in [0.3, 0.4) is 0 Å². The fourth-order valence-electron chi connectivity index (χ4n) is 1.86. The van der Waals surface area contributed by atoms with E-state index in [0.29, 0.717) is 0 Å². The summed E-state index contributed by atoms with van der Waals surface area (Å²) in [5.74, 6) is -2.31. The number of ether oxygens (including phenoxy) is 1. The molecule has 0 saturated heterocycles. The molecule has 0 unspecified atom stereocenters. The number of hydrogen-bond acceptors (Lipinski definition) is 4. The third-order valence-electron chi connectivity index (χ3n) is 3.23. The first-order valence-electron chi connectivity index (χ1n) is 6.53. The van der Waals surface area contributed by atoms with Gasteiger partial charge in [-0.15, -0.1) is 0 Å². The third-order valence-corrected chi connectivity index (χ3v) is 4.67. The lowest BCUT2D eigenvalue weighted by atomic mass is 9.96. The van der Waals surface area contributed by atoms with Crippen molar-refractivity contribution in [3.63, 3.8) is 0 Å². The Morgan fingerprint density at radius 3 is 2.67 bits per heavy atom. The molecule has 2 rings (SSSR count). The zero-order chi connectivity index (χ0) is 15.5. The summed E-state index contributed by atoms with van der Waals surface area (Å²) in [7, 11) is -3.96. The summed E-state index contributed by atoms with van der Waals surface area (Å²) in [5.41, 5.74) is -0.416. The van der Waals surface area contributed by atoms with Crippen molar-refractivity contribution in [2.24, 2.45) is 0 Å². The Hall–Kier alpha value is -1.51. The number of rotatable bonds is 7. The first-order valence-corrected chi connectivity index (χ1v) is 8.02. The van der Waals surface area contributed by atoms with E-state index in [1.54, 1.807) is 0 Å². The number of hydrogen-bond donors (Lipinski definition) is 2. The Labute approximate surface area is 122 Å². The quantitative estimate of drug-likeness (QED) is 0.741. The monoisotopic (exact) mass is 317 g/mol. The van der Waals surface area contributed by atoms with Crippen molar-refractivity contribution >= 4 is 16.0 Å². The fourth-order valence-corrected chi connectivity index (χ4v) is 2.93. The SMILES string of the molecule is O=C(O)c1cc(F)cc(S(=O)(=O)NCCOC2CCC2)c1. The summed E-state index contributed by atoms with van der Waals surface area (Å²) >= 11 is 0. The topological polar surface area (TPSA) is 92.7 Å². The van der Waals surface area contributed by atoms with Gasteiger partial charge in [0.1, 0.15) is 5.82 Å². The zero-order valence-electron chi connectivity index (χ0n) is 11.2. The number of carbonyl (C=O) groups is 1. The van der Waals surface area contributed by atoms with Gasteiger partial charge < -0.3 is 9.84 Å². The molecule has 0 spiro atoms. The van der Waals surface area contributed by atoms with Gasteiger partial charge in [0, 0.05) is 6.54 Å². The highest BCUT2D eigenvalue weighted by atomic mass is 32.2. The van der Waals surface area contributed by atoms with E-state index in [0.717, 1.165) is 37.5 Å². The van der Waals surface area contributed by atoms with E-state index >= 15 is 0 Å². The molecule has 0 aliphatic heterocycles. The van der Waals surface area contributed by atoms with Crippen LogP contribution in [0.2, 0.25) is 0 Å². The smallest absolute Gasteiger partial charge is 0.335 e. The van der Waals surface area contributed by atoms with Gasteiger partial charge in [0.05, 0.1) is 23.2 Å². The Morgan fingerprint density at radius 2 is 2.10 bits per heavy atom. The maximum absolute atomic E-state index is 13.3. The molecule has 8 heteroatoms. The van der Waals surface area contributed by atoms with E-state index in [1.165, 1.54) is 0 Å². The predicted octanol–water partition coefficient (Wildman–Crippen LogP) is 1.37. The number of halogens is 1. The van der Waals surface area contributed by atoms with Gasteiger partial charge in [0.25, 0.3) is 0 Å². The van der Waals surface area contributed by atoms with Gasteiger partial charge >= 0.3 is 5.97 Å². The van der Waals surface area contributed by atoms with E-state index < -0.39 is 32.3 Å². The van der Waals surface area contributed by atoms with Crippen LogP contribution in [0.15, 0.2) is 23.1 Å². The molecule has 1 aliphatic rings. The highest BCUT2D eigenvalue weighted by molar-refractivity contribution is 7.89. The van der Waals surface area contributed by atoms with Gasteiger partial charge in [-0.05, 0) is 37.5 Å². The lowest BCUT2D eigenvalue weighted by Gasteiger charge is -2.25. The van der Waals surface area contributed by atoms with Crippen molar-refractivity contribution in [2.45, 2.75) is 30.3 Å². The van der Waals surface area contributed by atoms with Crippen molar-refractivity contribution < 1.29 is 27.4 Å². The molecule has 0 heterocycles. The van der Waals surface area contributed by atoms with Gasteiger partial charge in [0.15, 0.2) is 0 Å². The van der Waals surface area contributed by atoms with E-state index in [1.807, 2.05) is 0 Å². The Balaban J connectivity index is 1.99. The molecule has 6 nitrogen and oxygen atoms in total. The molecule has 1 aromatic rings. The predicted molar refractivity (Wildman–Crippen MR) is 72.1 cm³/mol. The molecular formula is C13H16FNO5S. The fraction of sp³-hybridized carbons (Fsp3) is 0.462. The molecule has 1 fully saturated rings. The van der Waals surface area contributed by atoms with Gasteiger partial charge in [-0.25, -0.2) is 22.3 Å². The summed E-state index contributed by atoms with van der Waals surface area (Å²) in [4.78, 5) is 10.4. The van der Waals surface area contributed by atoms with Crippen LogP contribution in [0, 0.1) is 5.82 Å². The van der Waals surface area contributed by atoms with Crippen LogP contribution < -0.4 is 4.72 Å². The lowest BCUT2D eigenvalue weighted by Crippen LogP contribution is -2.30. The minimum absolute atomic E-state index is 0.0533. The number of carboxylic acid groups (broad SMARTS) is 1. The molecule has 0 amide bonds. The summed E-state index contributed by atoms with van der Waals surface area (Å²) in [5, 5.41) is 8.81. The molecule has 0 aromatic heterocycles. The molecular weight excluding hydrogens is 301 g/mol. The second-order valence-electron chi connectivity index (χ2n) is 4.80. The average Bonchev–Trinajstić information content (AvgIpc) is 2.35. The van der Waals surface area contributed by atoms with Crippen LogP contribution >= 0.6 is 0 Å². The minimum atomic E-state index is -3.96. The van der Waals surface area contributed by atoms with E-state index in [-0.39, 0.29) is 19.3 Å². The van der Waals surface area contributed by atoms with Crippen molar-refractivity contribution in [3.05, 3.63) is 29.6 Å². The molecule has 21 heavy (non-hydrogen) atoms. The van der Waals surface area contributed by atoms with Gasteiger partial charge in [-0.3, -0.25) is 0 Å². The van der Waals surface area contributed by atoms with Crippen molar-refractivity contribution in [1.82, 2.24) is 4.72 Å². The number of nitrogens with one attached hydrogen (secondary N) is 1. The number of benzene rings is 1. The number of aromatic carboxylic acids is 1. The Kier molecular flexibility index (Phi) is 4.92. The highest BCUT2D eigenvalue weighted by Gasteiger charge is 2.20. The maximum Gasteiger partial charge on any atom is 0.335 e. The lowest BCUT2D eigenvalue weighted by molar-refractivity contribution is 0.00578. The van der Waals surface area contributed by atoms with Crippen LogP contribution in [-0.4, -0.2) is 38.7 Å². The van der Waals surface area contributed by atoms with Crippen LogP contribution in [0.4, 0.5) is 4.39 Å². The molecule has 1 aliphatic carbocycles. The Bertz CT molecular complexity index is 627. The van der Waals surface area contributed by atoms with Crippen molar-refractivity contribution in [1.29, 1.82) is 0 Å². The minimum Gasteiger partial charge on any atom is -0.478 e. The molecule has 116 valence electrons. The summed E-state index contributed by atoms with van der Waals surface area (Å²) in [6.45, 7) is 0.281. The number of sulfonamides is 1. The highest BCUT2D eigenvalue weighted by Crippen LogP contribution is 2.21. The van der Waals surface area contributed by atoms with Crippen LogP contribution in [0.1, 0.15) is 29.6 Å². The van der Waals surface area contributed by atoms with Crippen molar-refractivity contribution in [2.75, 3.05) is 13.2 Å². The van der Waals surface area contributed by atoms with Crippen LogP contribution in [-0.2, 0) is 14.8 Å².